The van der Waals surface area contributed by atoms with E-state index < -0.39 is 0 Å². The number of aryl methyl sites for hydroxylation is 1. The lowest BCUT2D eigenvalue weighted by molar-refractivity contribution is 0.198. The number of aliphatic hydroxyl groups excluding tert-OH is 1. The largest absolute Gasteiger partial charge is 0.391 e. The average molecular weight is 416 g/mol. The van der Waals surface area contributed by atoms with Crippen LogP contribution >= 0.6 is 0 Å². The molecule has 3 N–H and O–H groups in total. The summed E-state index contributed by atoms with van der Waals surface area (Å²) in [6.45, 7) is 3.41. The third-order valence-electron chi connectivity index (χ3n) is 5.34. The van der Waals surface area contributed by atoms with Crippen LogP contribution in [0, 0.1) is 0 Å². The molecule has 5 rings (SSSR count). The molecule has 1 fully saturated rings. The van der Waals surface area contributed by atoms with Crippen molar-refractivity contribution < 1.29 is 5.11 Å². The number of β-amino-alcohol motifs (C(OH)–C–C–N with tert-alkyl or cyclic N) is 1. The van der Waals surface area contributed by atoms with Crippen LogP contribution in [0.25, 0.3) is 5.65 Å². The number of pyridine rings is 2. The second-order valence-electron chi connectivity index (χ2n) is 7.58. The monoisotopic (exact) mass is 416 g/mol. The van der Waals surface area contributed by atoms with Gasteiger partial charge < -0.3 is 25.0 Å². The van der Waals surface area contributed by atoms with E-state index in [4.69, 9.17) is 0 Å². The summed E-state index contributed by atoms with van der Waals surface area (Å²) < 4.78 is 1.95. The molecule has 1 saturated heterocycles. The van der Waals surface area contributed by atoms with E-state index in [1.54, 1.807) is 12.4 Å². The lowest BCUT2D eigenvalue weighted by Crippen LogP contribution is -2.23. The van der Waals surface area contributed by atoms with Crippen molar-refractivity contribution in [1.29, 1.82) is 0 Å². The molecule has 9 nitrogen and oxygen atoms in total. The topological polar surface area (TPSA) is 104 Å². The standard InChI is InChI=1S/C22H24N8O/c1-2-15-3-6-23-18(11-15)26-22-27-19(13-21(28-22)30-9-5-17(31)14-30)25-16-4-8-29-10-7-24-20(29)12-16/h3-4,6-8,10-13,17,31H,2,5,9,14H2,1H3,(H2,23,25,26,27,28)/t17-/m0/s1. The van der Waals surface area contributed by atoms with Crippen molar-refractivity contribution in [3.05, 3.63) is 60.7 Å². The van der Waals surface area contributed by atoms with Gasteiger partial charge in [0, 0.05) is 55.7 Å². The third-order valence-corrected chi connectivity index (χ3v) is 5.34. The van der Waals surface area contributed by atoms with Gasteiger partial charge in [0.2, 0.25) is 5.95 Å². The van der Waals surface area contributed by atoms with Crippen molar-refractivity contribution in [2.45, 2.75) is 25.9 Å². The van der Waals surface area contributed by atoms with E-state index in [-0.39, 0.29) is 6.10 Å². The van der Waals surface area contributed by atoms with Crippen molar-refractivity contribution >= 4 is 34.7 Å². The van der Waals surface area contributed by atoms with Crippen LogP contribution in [0.15, 0.2) is 55.1 Å². The average Bonchev–Trinajstić information content (AvgIpc) is 3.42. The van der Waals surface area contributed by atoms with Crippen LogP contribution in [0.5, 0.6) is 0 Å². The Labute approximate surface area is 179 Å². The lowest BCUT2D eigenvalue weighted by Gasteiger charge is -2.19. The predicted octanol–water partition coefficient (Wildman–Crippen LogP) is 3.14. The fraction of sp³-hybridized carbons (Fsp3) is 0.273. The minimum Gasteiger partial charge on any atom is -0.391 e. The Hall–Kier alpha value is -3.72. The van der Waals surface area contributed by atoms with Gasteiger partial charge in [-0.1, -0.05) is 6.92 Å². The first-order chi connectivity index (χ1) is 15.2. The highest BCUT2D eigenvalue weighted by atomic mass is 16.3. The summed E-state index contributed by atoms with van der Waals surface area (Å²) in [4.78, 5) is 20.1. The number of imidazole rings is 1. The number of anilines is 5. The van der Waals surface area contributed by atoms with Crippen molar-refractivity contribution in [2.75, 3.05) is 28.6 Å². The molecule has 0 bridgehead atoms. The molecule has 0 aliphatic carbocycles. The van der Waals surface area contributed by atoms with Crippen LogP contribution in [-0.2, 0) is 6.42 Å². The van der Waals surface area contributed by atoms with Gasteiger partial charge in [0.1, 0.15) is 23.1 Å². The molecule has 31 heavy (non-hydrogen) atoms. The summed E-state index contributed by atoms with van der Waals surface area (Å²) in [5.41, 5.74) is 2.91. The van der Waals surface area contributed by atoms with Gasteiger partial charge >= 0.3 is 0 Å². The molecule has 4 aromatic heterocycles. The normalized spacial score (nSPS) is 16.1. The molecule has 1 atom stereocenters. The molecule has 158 valence electrons. The Morgan fingerprint density at radius 2 is 1.97 bits per heavy atom. The second kappa shape index (κ2) is 8.19. The molecule has 1 aliphatic heterocycles. The molecule has 5 heterocycles. The van der Waals surface area contributed by atoms with E-state index in [9.17, 15) is 5.11 Å². The molecule has 0 saturated carbocycles. The van der Waals surface area contributed by atoms with E-state index in [1.807, 2.05) is 47.1 Å². The predicted molar refractivity (Wildman–Crippen MR) is 120 cm³/mol. The van der Waals surface area contributed by atoms with E-state index >= 15 is 0 Å². The summed E-state index contributed by atoms with van der Waals surface area (Å²) in [5, 5.41) is 16.6. The summed E-state index contributed by atoms with van der Waals surface area (Å²) in [7, 11) is 0. The molecule has 0 spiro atoms. The van der Waals surface area contributed by atoms with Crippen LogP contribution in [0.1, 0.15) is 18.9 Å². The van der Waals surface area contributed by atoms with Crippen molar-refractivity contribution in [3.8, 4) is 0 Å². The maximum absolute atomic E-state index is 9.97. The third kappa shape index (κ3) is 4.26. The molecule has 0 aromatic carbocycles. The number of rotatable bonds is 6. The SMILES string of the molecule is CCc1ccnc(Nc2nc(Nc3ccn4ccnc4c3)cc(N3CC[C@H](O)C3)n2)c1. The van der Waals surface area contributed by atoms with Gasteiger partial charge in [-0.15, -0.1) is 0 Å². The molecular formula is C22H24N8O. The highest BCUT2D eigenvalue weighted by Gasteiger charge is 2.22. The Morgan fingerprint density at radius 1 is 1.03 bits per heavy atom. The first-order valence-corrected chi connectivity index (χ1v) is 10.4. The molecule has 0 radical (unpaired) electrons. The number of hydrogen-bond acceptors (Lipinski definition) is 8. The van der Waals surface area contributed by atoms with Crippen molar-refractivity contribution in [1.82, 2.24) is 24.3 Å². The Balaban J connectivity index is 1.47. The molecular weight excluding hydrogens is 392 g/mol. The summed E-state index contributed by atoms with van der Waals surface area (Å²) in [5.74, 6) is 2.55. The van der Waals surface area contributed by atoms with E-state index in [2.05, 4.69) is 42.4 Å². The van der Waals surface area contributed by atoms with Crippen LogP contribution in [0.4, 0.5) is 29.1 Å². The molecule has 0 unspecified atom stereocenters. The maximum atomic E-state index is 9.97. The fourth-order valence-corrected chi connectivity index (χ4v) is 3.68. The minimum absolute atomic E-state index is 0.339. The quantitative estimate of drug-likeness (QED) is 0.440. The van der Waals surface area contributed by atoms with Gasteiger partial charge in [0.25, 0.3) is 0 Å². The number of aromatic nitrogens is 5. The Morgan fingerprint density at radius 3 is 2.81 bits per heavy atom. The lowest BCUT2D eigenvalue weighted by atomic mass is 10.2. The number of aliphatic hydroxyl groups is 1. The zero-order valence-corrected chi connectivity index (χ0v) is 17.2. The van der Waals surface area contributed by atoms with Gasteiger partial charge in [-0.2, -0.15) is 9.97 Å². The maximum Gasteiger partial charge on any atom is 0.232 e. The van der Waals surface area contributed by atoms with Gasteiger partial charge in [0.05, 0.1) is 6.10 Å². The minimum atomic E-state index is -0.339. The Bertz CT molecular complexity index is 1210. The number of nitrogens with zero attached hydrogens (tertiary/aromatic N) is 6. The number of fused-ring (bicyclic) bond motifs is 1. The highest BCUT2D eigenvalue weighted by molar-refractivity contribution is 5.66. The van der Waals surface area contributed by atoms with Crippen LogP contribution in [0.3, 0.4) is 0 Å². The van der Waals surface area contributed by atoms with Gasteiger partial charge in [-0.3, -0.25) is 0 Å². The zero-order valence-electron chi connectivity index (χ0n) is 17.2. The zero-order chi connectivity index (χ0) is 21.2. The molecule has 0 amide bonds. The van der Waals surface area contributed by atoms with E-state index in [1.165, 1.54) is 5.56 Å². The van der Waals surface area contributed by atoms with Gasteiger partial charge in [0.15, 0.2) is 0 Å². The molecule has 1 aliphatic rings. The fourth-order valence-electron chi connectivity index (χ4n) is 3.68. The van der Waals surface area contributed by atoms with Crippen LogP contribution in [0.2, 0.25) is 0 Å². The van der Waals surface area contributed by atoms with Gasteiger partial charge in [-0.25, -0.2) is 9.97 Å². The number of hydrogen-bond donors (Lipinski definition) is 3. The van der Waals surface area contributed by atoms with E-state index in [0.717, 1.165) is 36.5 Å². The first-order valence-electron chi connectivity index (χ1n) is 10.4. The summed E-state index contributed by atoms with van der Waals surface area (Å²) >= 11 is 0. The summed E-state index contributed by atoms with van der Waals surface area (Å²) in [6, 6.07) is 9.81. The first kappa shape index (κ1) is 19.3. The smallest absolute Gasteiger partial charge is 0.232 e. The van der Waals surface area contributed by atoms with E-state index in [0.29, 0.717) is 24.1 Å². The second-order valence-corrected chi connectivity index (χ2v) is 7.58. The molecule has 4 aromatic rings. The van der Waals surface area contributed by atoms with Crippen molar-refractivity contribution in [2.24, 2.45) is 0 Å². The van der Waals surface area contributed by atoms with Crippen LogP contribution < -0.4 is 15.5 Å². The summed E-state index contributed by atoms with van der Waals surface area (Å²) in [6.07, 6.45) is 8.71. The number of nitrogens with one attached hydrogen (secondary N) is 2. The van der Waals surface area contributed by atoms with Gasteiger partial charge in [-0.05, 0) is 36.6 Å². The van der Waals surface area contributed by atoms with Crippen molar-refractivity contribution in [3.63, 3.8) is 0 Å². The Kier molecular flexibility index (Phi) is 5.09. The van der Waals surface area contributed by atoms with Crippen LogP contribution in [-0.4, -0.2) is 48.6 Å². The highest BCUT2D eigenvalue weighted by Crippen LogP contribution is 2.26. The molecule has 9 heteroatoms.